The van der Waals surface area contributed by atoms with Gasteiger partial charge in [0.1, 0.15) is 28.8 Å². The summed E-state index contributed by atoms with van der Waals surface area (Å²) in [5, 5.41) is 27.4. The van der Waals surface area contributed by atoms with E-state index in [1.807, 2.05) is 0 Å². The van der Waals surface area contributed by atoms with E-state index in [-0.39, 0.29) is 64.2 Å². The number of nitrogens with two attached hydrogens (primary N) is 1. The summed E-state index contributed by atoms with van der Waals surface area (Å²) in [6.07, 6.45) is -2.16. The number of urea groups is 1. The van der Waals surface area contributed by atoms with Gasteiger partial charge in [-0.15, -0.1) is 0 Å². The van der Waals surface area contributed by atoms with E-state index in [4.69, 9.17) is 10.5 Å². The van der Waals surface area contributed by atoms with Crippen molar-refractivity contribution in [3.8, 4) is 5.88 Å². The maximum absolute atomic E-state index is 14.0. The van der Waals surface area contributed by atoms with Gasteiger partial charge in [-0.1, -0.05) is 15.9 Å². The van der Waals surface area contributed by atoms with Gasteiger partial charge in [0.2, 0.25) is 11.8 Å². The number of carbonyl (C=O) groups excluding carboxylic acids is 3. The molecular formula is C22H28BrF2N5O6S. The van der Waals surface area contributed by atoms with Gasteiger partial charge in [0, 0.05) is 17.1 Å². The molecule has 0 aliphatic heterocycles. The third-order valence-electron chi connectivity index (χ3n) is 4.77. The minimum atomic E-state index is -1.05. The minimum absolute atomic E-state index is 0.00803. The number of ether oxygens (including phenoxy) is 1. The van der Waals surface area contributed by atoms with Crippen LogP contribution in [0.25, 0.3) is 0 Å². The lowest BCUT2D eigenvalue weighted by Crippen LogP contribution is -2.34. The van der Waals surface area contributed by atoms with Gasteiger partial charge in [0.25, 0.3) is 5.91 Å². The van der Waals surface area contributed by atoms with Crippen LogP contribution < -0.4 is 26.4 Å². The van der Waals surface area contributed by atoms with Crippen LogP contribution in [0.2, 0.25) is 0 Å². The maximum Gasteiger partial charge on any atom is 0.319 e. The lowest BCUT2D eigenvalue weighted by atomic mass is 10.1. The van der Waals surface area contributed by atoms with Crippen LogP contribution in [-0.4, -0.2) is 57.2 Å². The molecule has 0 spiro atoms. The highest BCUT2D eigenvalue weighted by Crippen LogP contribution is 2.31. The molecule has 0 radical (unpaired) electrons. The Labute approximate surface area is 224 Å². The Morgan fingerprint density at radius 1 is 1.19 bits per heavy atom. The molecule has 15 heteroatoms. The van der Waals surface area contributed by atoms with E-state index < -0.39 is 42.4 Å². The van der Waals surface area contributed by atoms with Crippen molar-refractivity contribution < 1.29 is 38.1 Å². The number of benzene rings is 1. The standard InChI is InChI=1S/C22H28BrF2N5O6S/c1-10(2)28-17(33)8-13(32)7-12(31)3-4-27-22(35)29-21-18(19(26)34)20(30-37-21)36-9-14-15(24)5-11(23)6-16(14)25/h5-6,10,12-13,31-32H,3-4,7-9H2,1-2H3,(H2,26,34)(H,28,33)(H2,27,29,35). The Kier molecular flexibility index (Phi) is 11.6. The number of aliphatic hydroxyl groups is 2. The van der Waals surface area contributed by atoms with Crippen molar-refractivity contribution in [1.82, 2.24) is 15.0 Å². The summed E-state index contributed by atoms with van der Waals surface area (Å²) in [7, 11) is 0. The summed E-state index contributed by atoms with van der Waals surface area (Å²) < 4.78 is 37.4. The molecule has 11 nitrogen and oxygen atoms in total. The van der Waals surface area contributed by atoms with E-state index in [9.17, 15) is 33.4 Å². The Balaban J connectivity index is 1.87. The second-order valence-electron chi connectivity index (χ2n) is 8.33. The Hall–Kier alpha value is -2.88. The summed E-state index contributed by atoms with van der Waals surface area (Å²) in [5.41, 5.74) is 4.70. The monoisotopic (exact) mass is 607 g/mol. The normalized spacial score (nSPS) is 12.6. The smallest absolute Gasteiger partial charge is 0.319 e. The number of halogens is 3. The van der Waals surface area contributed by atoms with Crippen molar-refractivity contribution in [2.24, 2.45) is 5.73 Å². The van der Waals surface area contributed by atoms with Gasteiger partial charge in [-0.25, -0.2) is 13.6 Å². The third-order valence-corrected chi connectivity index (χ3v) is 5.97. The zero-order chi connectivity index (χ0) is 27.7. The van der Waals surface area contributed by atoms with Crippen LogP contribution in [-0.2, 0) is 11.4 Å². The quantitative estimate of drug-likeness (QED) is 0.202. The van der Waals surface area contributed by atoms with Crippen LogP contribution in [0.1, 0.15) is 49.0 Å². The highest BCUT2D eigenvalue weighted by atomic mass is 79.9. The highest BCUT2D eigenvalue weighted by molar-refractivity contribution is 9.10. The van der Waals surface area contributed by atoms with Crippen LogP contribution in [0.5, 0.6) is 5.88 Å². The van der Waals surface area contributed by atoms with Crippen molar-refractivity contribution in [2.75, 3.05) is 11.9 Å². The number of amides is 4. The molecule has 2 atom stereocenters. The maximum atomic E-state index is 14.0. The molecule has 0 aliphatic carbocycles. The second-order valence-corrected chi connectivity index (χ2v) is 10.0. The lowest BCUT2D eigenvalue weighted by Gasteiger charge is -2.16. The van der Waals surface area contributed by atoms with Gasteiger partial charge >= 0.3 is 6.03 Å². The number of nitrogens with one attached hydrogen (secondary N) is 3. The molecule has 1 heterocycles. The molecular weight excluding hydrogens is 580 g/mol. The molecule has 2 unspecified atom stereocenters. The zero-order valence-corrected chi connectivity index (χ0v) is 22.4. The topological polar surface area (TPSA) is 176 Å². The number of hydrogen-bond acceptors (Lipinski definition) is 8. The molecule has 1 aromatic carbocycles. The van der Waals surface area contributed by atoms with Crippen LogP contribution in [0, 0.1) is 11.6 Å². The number of aromatic nitrogens is 1. The first-order valence-corrected chi connectivity index (χ1v) is 12.7. The number of hydrogen-bond donors (Lipinski definition) is 6. The largest absolute Gasteiger partial charge is 0.471 e. The molecule has 7 N–H and O–H groups in total. The second kappa shape index (κ2) is 14.2. The van der Waals surface area contributed by atoms with Crippen LogP contribution >= 0.6 is 27.5 Å². The first-order chi connectivity index (χ1) is 17.4. The van der Waals surface area contributed by atoms with Gasteiger partial charge in [0.05, 0.1) is 24.2 Å². The molecule has 0 saturated heterocycles. The Morgan fingerprint density at radius 2 is 1.84 bits per heavy atom. The van der Waals surface area contributed by atoms with E-state index >= 15 is 0 Å². The van der Waals surface area contributed by atoms with Crippen molar-refractivity contribution in [3.63, 3.8) is 0 Å². The van der Waals surface area contributed by atoms with Gasteiger partial charge in [0.15, 0.2) is 0 Å². The molecule has 0 fully saturated rings. The van der Waals surface area contributed by atoms with Crippen molar-refractivity contribution in [1.29, 1.82) is 0 Å². The first-order valence-electron chi connectivity index (χ1n) is 11.1. The van der Waals surface area contributed by atoms with Gasteiger partial charge in [-0.3, -0.25) is 14.9 Å². The number of primary amides is 1. The van der Waals surface area contributed by atoms with E-state index in [0.717, 1.165) is 12.1 Å². The number of aliphatic hydroxyl groups excluding tert-OH is 2. The summed E-state index contributed by atoms with van der Waals surface area (Å²) in [4.78, 5) is 35.8. The van der Waals surface area contributed by atoms with Crippen LogP contribution in [0.3, 0.4) is 0 Å². The molecule has 4 amide bonds. The summed E-state index contributed by atoms with van der Waals surface area (Å²) >= 11 is 3.65. The van der Waals surface area contributed by atoms with E-state index in [0.29, 0.717) is 11.5 Å². The molecule has 0 bridgehead atoms. The molecule has 204 valence electrons. The minimum Gasteiger partial charge on any atom is -0.471 e. The van der Waals surface area contributed by atoms with Crippen LogP contribution in [0.4, 0.5) is 18.6 Å². The van der Waals surface area contributed by atoms with Gasteiger partial charge in [-0.05, 0) is 50.4 Å². The Morgan fingerprint density at radius 3 is 2.43 bits per heavy atom. The summed E-state index contributed by atoms with van der Waals surface area (Å²) in [6.45, 7) is 3.00. The molecule has 0 aliphatic rings. The van der Waals surface area contributed by atoms with Crippen molar-refractivity contribution in [3.05, 3.63) is 39.4 Å². The fraction of sp³-hybridized carbons (Fsp3) is 0.455. The van der Waals surface area contributed by atoms with Gasteiger partial charge in [-0.2, -0.15) is 4.37 Å². The molecule has 2 aromatic rings. The number of carbonyl (C=O) groups is 3. The average molecular weight is 608 g/mol. The van der Waals surface area contributed by atoms with E-state index in [2.05, 4.69) is 36.3 Å². The first kappa shape index (κ1) is 30.3. The fourth-order valence-electron chi connectivity index (χ4n) is 3.14. The summed E-state index contributed by atoms with van der Waals surface area (Å²) in [6, 6.07) is 1.29. The Bertz CT molecular complexity index is 1100. The average Bonchev–Trinajstić information content (AvgIpc) is 3.14. The fourth-order valence-corrected chi connectivity index (χ4v) is 4.27. The third kappa shape index (κ3) is 9.83. The molecule has 2 rings (SSSR count). The molecule has 37 heavy (non-hydrogen) atoms. The summed E-state index contributed by atoms with van der Waals surface area (Å²) in [5.74, 6) is -3.36. The predicted octanol–water partition coefficient (Wildman–Crippen LogP) is 2.40. The highest BCUT2D eigenvalue weighted by Gasteiger charge is 2.23. The molecule has 1 aromatic heterocycles. The number of nitrogens with zero attached hydrogens (tertiary/aromatic N) is 1. The van der Waals surface area contributed by atoms with Crippen molar-refractivity contribution >= 4 is 50.3 Å². The molecule has 0 saturated carbocycles. The lowest BCUT2D eigenvalue weighted by molar-refractivity contribution is -0.123. The van der Waals surface area contributed by atoms with Gasteiger partial charge < -0.3 is 31.3 Å². The SMILES string of the molecule is CC(C)NC(=O)CC(O)CC(O)CCNC(=O)Nc1snc(OCc2c(F)cc(Br)cc2F)c1C(N)=O. The zero-order valence-electron chi connectivity index (χ0n) is 20.0. The predicted molar refractivity (Wildman–Crippen MR) is 135 cm³/mol. The van der Waals surface area contributed by atoms with Crippen LogP contribution in [0.15, 0.2) is 16.6 Å². The number of anilines is 1. The van der Waals surface area contributed by atoms with E-state index in [1.165, 1.54) is 0 Å². The number of rotatable bonds is 13. The van der Waals surface area contributed by atoms with Crippen molar-refractivity contribution in [2.45, 2.75) is 58.0 Å². The van der Waals surface area contributed by atoms with E-state index in [1.54, 1.807) is 13.8 Å².